The standard InChI is InChI=1S/C22H22N2O5S2/c25-12-14-29-13-11-23-21(26)19-15-20(18-9-5-2-6-10-18)30-22(19)24(31(23,27)28)16-17-7-3-1-4-8-17/h1-10,15,25H,11-14,16H2. The molecule has 2 aromatic carbocycles. The summed E-state index contributed by atoms with van der Waals surface area (Å²) in [5.74, 6) is -0.564. The molecule has 0 atom stereocenters. The molecule has 1 N–H and O–H groups in total. The van der Waals surface area contributed by atoms with Crippen molar-refractivity contribution >= 4 is 32.5 Å². The Morgan fingerprint density at radius 3 is 2.29 bits per heavy atom. The lowest BCUT2D eigenvalue weighted by Crippen LogP contribution is -2.51. The molecule has 31 heavy (non-hydrogen) atoms. The van der Waals surface area contributed by atoms with Crippen molar-refractivity contribution in [2.75, 3.05) is 30.7 Å². The van der Waals surface area contributed by atoms with Crippen molar-refractivity contribution in [3.63, 3.8) is 0 Å². The molecule has 9 heteroatoms. The van der Waals surface area contributed by atoms with E-state index in [1.807, 2.05) is 60.7 Å². The normalized spacial score (nSPS) is 15.2. The molecule has 0 saturated carbocycles. The average Bonchev–Trinajstić information content (AvgIpc) is 3.23. The number of nitrogens with zero attached hydrogens (tertiary/aromatic N) is 2. The smallest absolute Gasteiger partial charge is 0.329 e. The van der Waals surface area contributed by atoms with Gasteiger partial charge in [0.15, 0.2) is 0 Å². The highest BCUT2D eigenvalue weighted by molar-refractivity contribution is 7.91. The Labute approximate surface area is 185 Å². The molecule has 2 heterocycles. The minimum absolute atomic E-state index is 0.00964. The van der Waals surface area contributed by atoms with Crippen LogP contribution in [0, 0.1) is 0 Å². The van der Waals surface area contributed by atoms with Gasteiger partial charge >= 0.3 is 10.2 Å². The van der Waals surface area contributed by atoms with E-state index in [0.29, 0.717) is 10.6 Å². The summed E-state index contributed by atoms with van der Waals surface area (Å²) in [6, 6.07) is 20.6. The van der Waals surface area contributed by atoms with Crippen molar-refractivity contribution in [3.05, 3.63) is 77.9 Å². The monoisotopic (exact) mass is 458 g/mol. The first-order valence-corrected chi connectivity index (χ1v) is 12.0. The van der Waals surface area contributed by atoms with E-state index in [2.05, 4.69) is 0 Å². The van der Waals surface area contributed by atoms with Crippen LogP contribution in [-0.4, -0.2) is 50.1 Å². The first-order valence-electron chi connectivity index (χ1n) is 9.79. The lowest BCUT2D eigenvalue weighted by Gasteiger charge is -2.35. The van der Waals surface area contributed by atoms with Crippen LogP contribution in [0.1, 0.15) is 15.9 Å². The first-order chi connectivity index (χ1) is 15.0. The van der Waals surface area contributed by atoms with E-state index < -0.39 is 16.1 Å². The fourth-order valence-corrected chi connectivity index (χ4v) is 6.29. The number of thiophene rings is 1. The average molecular weight is 459 g/mol. The molecular formula is C22H22N2O5S2. The Hall–Kier alpha value is -2.72. The van der Waals surface area contributed by atoms with Gasteiger partial charge < -0.3 is 9.84 Å². The lowest BCUT2D eigenvalue weighted by atomic mass is 10.1. The molecular weight excluding hydrogens is 436 g/mol. The van der Waals surface area contributed by atoms with Gasteiger partial charge in [-0.05, 0) is 17.2 Å². The highest BCUT2D eigenvalue weighted by Crippen LogP contribution is 2.43. The predicted molar refractivity (Wildman–Crippen MR) is 120 cm³/mol. The number of ether oxygens (including phenoxy) is 1. The molecule has 0 radical (unpaired) electrons. The van der Waals surface area contributed by atoms with Gasteiger partial charge in [-0.1, -0.05) is 60.7 Å². The van der Waals surface area contributed by atoms with Crippen molar-refractivity contribution in [2.45, 2.75) is 6.54 Å². The third-order valence-corrected chi connectivity index (χ3v) is 7.95. The molecule has 0 unspecified atom stereocenters. The predicted octanol–water partition coefficient (Wildman–Crippen LogP) is 3.13. The second-order valence-electron chi connectivity index (χ2n) is 6.91. The van der Waals surface area contributed by atoms with Gasteiger partial charge in [-0.25, -0.2) is 8.61 Å². The minimum Gasteiger partial charge on any atom is -0.394 e. The molecule has 0 aliphatic carbocycles. The van der Waals surface area contributed by atoms with Crippen molar-refractivity contribution in [2.24, 2.45) is 0 Å². The highest BCUT2D eigenvalue weighted by atomic mass is 32.2. The van der Waals surface area contributed by atoms with Gasteiger partial charge in [0, 0.05) is 4.88 Å². The molecule has 1 aliphatic rings. The van der Waals surface area contributed by atoms with E-state index in [9.17, 15) is 13.2 Å². The number of carbonyl (C=O) groups excluding carboxylic acids is 1. The zero-order valence-electron chi connectivity index (χ0n) is 16.7. The number of benzene rings is 2. The summed E-state index contributed by atoms with van der Waals surface area (Å²) in [7, 11) is -4.10. The highest BCUT2D eigenvalue weighted by Gasteiger charge is 2.43. The topological polar surface area (TPSA) is 87.2 Å². The molecule has 162 valence electrons. The first kappa shape index (κ1) is 21.5. The van der Waals surface area contributed by atoms with Crippen LogP contribution < -0.4 is 4.31 Å². The van der Waals surface area contributed by atoms with Crippen LogP contribution in [0.4, 0.5) is 5.00 Å². The molecule has 1 aliphatic heterocycles. The number of aliphatic hydroxyl groups excluding tert-OH is 1. The number of amides is 1. The molecule has 0 fully saturated rings. The molecule has 0 bridgehead atoms. The van der Waals surface area contributed by atoms with Gasteiger partial charge in [0.2, 0.25) is 0 Å². The van der Waals surface area contributed by atoms with E-state index >= 15 is 0 Å². The maximum atomic E-state index is 13.4. The van der Waals surface area contributed by atoms with Crippen LogP contribution in [-0.2, 0) is 21.5 Å². The maximum absolute atomic E-state index is 13.4. The van der Waals surface area contributed by atoms with E-state index in [0.717, 1.165) is 20.3 Å². The summed E-state index contributed by atoms with van der Waals surface area (Å²) >= 11 is 1.29. The Balaban J connectivity index is 1.75. The van der Waals surface area contributed by atoms with Gasteiger partial charge in [-0.2, -0.15) is 8.42 Å². The van der Waals surface area contributed by atoms with E-state index in [4.69, 9.17) is 9.84 Å². The molecule has 1 amide bonds. The SMILES string of the molecule is O=C1c2cc(-c3ccccc3)sc2N(Cc2ccccc2)S(=O)(=O)N1CCOCCO. The second-order valence-corrected chi connectivity index (χ2v) is 9.72. The summed E-state index contributed by atoms with van der Waals surface area (Å²) in [5.41, 5.74) is 2.10. The molecule has 7 nitrogen and oxygen atoms in total. The summed E-state index contributed by atoms with van der Waals surface area (Å²) in [6.45, 7) is -0.0854. The molecule has 0 saturated heterocycles. The van der Waals surface area contributed by atoms with E-state index in [1.54, 1.807) is 6.07 Å². The summed E-state index contributed by atoms with van der Waals surface area (Å²) < 4.78 is 34.2. The van der Waals surface area contributed by atoms with Crippen LogP contribution in [0.15, 0.2) is 66.7 Å². The van der Waals surface area contributed by atoms with Crippen molar-refractivity contribution in [1.29, 1.82) is 0 Å². The van der Waals surface area contributed by atoms with Gasteiger partial charge in [-0.15, -0.1) is 11.3 Å². The Morgan fingerprint density at radius 2 is 1.61 bits per heavy atom. The fraction of sp³-hybridized carbons (Fsp3) is 0.227. The van der Waals surface area contributed by atoms with Gasteiger partial charge in [0.05, 0.1) is 38.5 Å². The molecule has 4 rings (SSSR count). The fourth-order valence-electron chi connectivity index (χ4n) is 3.36. The number of hydrogen-bond donors (Lipinski definition) is 1. The zero-order chi connectivity index (χ0) is 21.8. The van der Waals surface area contributed by atoms with Gasteiger partial charge in [0.1, 0.15) is 5.00 Å². The molecule has 1 aromatic heterocycles. The third kappa shape index (κ3) is 4.35. The maximum Gasteiger partial charge on any atom is 0.329 e. The van der Waals surface area contributed by atoms with Crippen molar-refractivity contribution in [1.82, 2.24) is 4.31 Å². The van der Waals surface area contributed by atoms with Crippen molar-refractivity contribution < 1.29 is 23.1 Å². The lowest BCUT2D eigenvalue weighted by molar-refractivity contribution is 0.0703. The number of anilines is 1. The number of carbonyl (C=O) groups is 1. The number of fused-ring (bicyclic) bond motifs is 1. The number of rotatable bonds is 8. The Kier molecular flexibility index (Phi) is 6.38. The Bertz CT molecular complexity index is 1150. The van der Waals surface area contributed by atoms with Crippen LogP contribution >= 0.6 is 11.3 Å². The largest absolute Gasteiger partial charge is 0.394 e. The summed E-state index contributed by atoms with van der Waals surface area (Å²) in [4.78, 5) is 14.0. The Morgan fingerprint density at radius 1 is 0.935 bits per heavy atom. The second kappa shape index (κ2) is 9.19. The van der Waals surface area contributed by atoms with Crippen LogP contribution in [0.5, 0.6) is 0 Å². The summed E-state index contributed by atoms with van der Waals surface area (Å²) in [6.07, 6.45) is 0. The van der Waals surface area contributed by atoms with Crippen LogP contribution in [0.3, 0.4) is 0 Å². The van der Waals surface area contributed by atoms with E-state index in [1.165, 1.54) is 15.6 Å². The van der Waals surface area contributed by atoms with Crippen molar-refractivity contribution in [3.8, 4) is 10.4 Å². The van der Waals surface area contributed by atoms with Crippen LogP contribution in [0.25, 0.3) is 10.4 Å². The third-order valence-electron chi connectivity index (χ3n) is 4.85. The minimum atomic E-state index is -4.10. The summed E-state index contributed by atoms with van der Waals surface area (Å²) in [5, 5.41) is 9.29. The van der Waals surface area contributed by atoms with Gasteiger partial charge in [0.25, 0.3) is 5.91 Å². The van der Waals surface area contributed by atoms with E-state index in [-0.39, 0.29) is 32.9 Å². The number of hydrogen-bond acceptors (Lipinski definition) is 6. The quantitative estimate of drug-likeness (QED) is 0.524. The molecule has 3 aromatic rings. The number of aliphatic hydroxyl groups is 1. The molecule has 0 spiro atoms. The zero-order valence-corrected chi connectivity index (χ0v) is 18.3. The van der Waals surface area contributed by atoms with Gasteiger partial charge in [-0.3, -0.25) is 4.79 Å². The van der Waals surface area contributed by atoms with Crippen LogP contribution in [0.2, 0.25) is 0 Å².